The average molecular weight is 427 g/mol. The quantitative estimate of drug-likeness (QED) is 0.723. The Morgan fingerprint density at radius 3 is 2.87 bits per heavy atom. The summed E-state index contributed by atoms with van der Waals surface area (Å²) in [4.78, 5) is 15.6. The predicted molar refractivity (Wildman–Crippen MR) is 121 cm³/mol. The van der Waals surface area contributed by atoms with Crippen molar-refractivity contribution in [3.63, 3.8) is 0 Å². The van der Waals surface area contributed by atoms with Crippen molar-refractivity contribution in [2.24, 2.45) is 5.92 Å². The van der Waals surface area contributed by atoms with Gasteiger partial charge in [0, 0.05) is 30.1 Å². The fraction of sp³-hybridized carbons (Fsp3) is 0.480. The molecule has 1 fully saturated rings. The molecule has 1 saturated heterocycles. The molecule has 160 valence electrons. The fourth-order valence-corrected chi connectivity index (χ4v) is 4.87. The van der Waals surface area contributed by atoms with E-state index >= 15 is 0 Å². The highest BCUT2D eigenvalue weighted by molar-refractivity contribution is 6.31. The number of piperidine rings is 1. The molecule has 2 aromatic carbocycles. The van der Waals surface area contributed by atoms with Crippen molar-refractivity contribution in [3.8, 4) is 5.75 Å². The first kappa shape index (κ1) is 21.2. The predicted octanol–water partition coefficient (Wildman–Crippen LogP) is 5.28. The van der Waals surface area contributed by atoms with Gasteiger partial charge in [-0.2, -0.15) is 0 Å². The minimum absolute atomic E-state index is 0.000420. The van der Waals surface area contributed by atoms with Crippen LogP contribution in [0.3, 0.4) is 0 Å². The standard InChI is InChI=1S/C25H31ClN2O2/c1-17-10-11-23-20(13-17)22(14-25(2,3)30-23)27-24(29)19-8-6-12-28(16-19)15-18-7-4-5-9-21(18)26/h4-5,7,9-11,13,19,22H,6,8,12,14-16H2,1-3H3,(H,27,29). The minimum atomic E-state index is -0.303. The molecule has 2 atom stereocenters. The van der Waals surface area contributed by atoms with Gasteiger partial charge in [0.1, 0.15) is 11.4 Å². The van der Waals surface area contributed by atoms with Gasteiger partial charge in [-0.05, 0) is 57.9 Å². The molecule has 2 aliphatic heterocycles. The van der Waals surface area contributed by atoms with E-state index in [-0.39, 0.29) is 23.5 Å². The summed E-state index contributed by atoms with van der Waals surface area (Å²) in [6.07, 6.45) is 2.72. The second-order valence-electron chi connectivity index (χ2n) is 9.33. The summed E-state index contributed by atoms with van der Waals surface area (Å²) in [7, 11) is 0. The summed E-state index contributed by atoms with van der Waals surface area (Å²) in [6, 6.07) is 14.2. The molecule has 0 aliphatic carbocycles. The number of rotatable bonds is 4. The molecular formula is C25H31ClN2O2. The fourth-order valence-electron chi connectivity index (χ4n) is 4.67. The lowest BCUT2D eigenvalue weighted by atomic mass is 9.88. The molecule has 2 unspecified atom stereocenters. The summed E-state index contributed by atoms with van der Waals surface area (Å²) in [6.45, 7) is 8.80. The summed E-state index contributed by atoms with van der Waals surface area (Å²) in [5.74, 6) is 1.03. The zero-order valence-electron chi connectivity index (χ0n) is 18.1. The van der Waals surface area contributed by atoms with Crippen LogP contribution in [0, 0.1) is 12.8 Å². The van der Waals surface area contributed by atoms with Crippen LogP contribution in [0.25, 0.3) is 0 Å². The normalized spacial score (nSPS) is 23.3. The Balaban J connectivity index is 1.45. The Morgan fingerprint density at radius 1 is 1.27 bits per heavy atom. The van der Waals surface area contributed by atoms with Crippen LogP contribution >= 0.6 is 11.6 Å². The second-order valence-corrected chi connectivity index (χ2v) is 9.74. The van der Waals surface area contributed by atoms with Crippen molar-refractivity contribution >= 4 is 17.5 Å². The number of ether oxygens (including phenoxy) is 1. The molecule has 4 nitrogen and oxygen atoms in total. The topological polar surface area (TPSA) is 41.6 Å². The zero-order chi connectivity index (χ0) is 21.3. The van der Waals surface area contributed by atoms with Gasteiger partial charge in [-0.3, -0.25) is 9.69 Å². The van der Waals surface area contributed by atoms with Crippen molar-refractivity contribution in [2.75, 3.05) is 13.1 Å². The maximum Gasteiger partial charge on any atom is 0.224 e. The van der Waals surface area contributed by atoms with Crippen LogP contribution in [0.4, 0.5) is 0 Å². The molecule has 0 saturated carbocycles. The van der Waals surface area contributed by atoms with Crippen molar-refractivity contribution in [1.82, 2.24) is 10.2 Å². The van der Waals surface area contributed by atoms with Gasteiger partial charge in [0.05, 0.1) is 12.0 Å². The summed E-state index contributed by atoms with van der Waals surface area (Å²) in [5.41, 5.74) is 3.09. The molecule has 30 heavy (non-hydrogen) atoms. The van der Waals surface area contributed by atoms with Crippen LogP contribution in [-0.4, -0.2) is 29.5 Å². The second kappa shape index (κ2) is 8.60. The van der Waals surface area contributed by atoms with E-state index in [0.29, 0.717) is 0 Å². The molecule has 1 N–H and O–H groups in total. The van der Waals surface area contributed by atoms with Gasteiger partial charge in [-0.25, -0.2) is 0 Å². The smallest absolute Gasteiger partial charge is 0.224 e. The number of carbonyl (C=O) groups excluding carboxylic acids is 1. The number of benzene rings is 2. The highest BCUT2D eigenvalue weighted by Crippen LogP contribution is 2.40. The number of halogens is 1. The summed E-state index contributed by atoms with van der Waals surface area (Å²) in [5, 5.41) is 4.14. The Kier molecular flexibility index (Phi) is 6.08. The first-order valence-electron chi connectivity index (χ1n) is 10.9. The summed E-state index contributed by atoms with van der Waals surface area (Å²) < 4.78 is 6.15. The average Bonchev–Trinajstić information content (AvgIpc) is 2.70. The summed E-state index contributed by atoms with van der Waals surface area (Å²) >= 11 is 6.34. The minimum Gasteiger partial charge on any atom is -0.487 e. The van der Waals surface area contributed by atoms with E-state index in [4.69, 9.17) is 16.3 Å². The van der Waals surface area contributed by atoms with Crippen LogP contribution in [0.15, 0.2) is 42.5 Å². The third-order valence-electron chi connectivity index (χ3n) is 6.17. The van der Waals surface area contributed by atoms with E-state index < -0.39 is 0 Å². The molecule has 5 heteroatoms. The monoisotopic (exact) mass is 426 g/mol. The van der Waals surface area contributed by atoms with E-state index in [1.54, 1.807) is 0 Å². The molecule has 0 aromatic heterocycles. The van der Waals surface area contributed by atoms with Crippen LogP contribution in [-0.2, 0) is 11.3 Å². The van der Waals surface area contributed by atoms with E-state index in [1.165, 1.54) is 5.56 Å². The van der Waals surface area contributed by atoms with E-state index in [0.717, 1.165) is 60.8 Å². The maximum atomic E-state index is 13.2. The molecule has 2 heterocycles. The molecule has 2 aliphatic rings. The van der Waals surface area contributed by atoms with Gasteiger partial charge >= 0.3 is 0 Å². The van der Waals surface area contributed by atoms with E-state index in [1.807, 2.05) is 24.3 Å². The number of aryl methyl sites for hydroxylation is 1. The number of carbonyl (C=O) groups is 1. The zero-order valence-corrected chi connectivity index (χ0v) is 18.8. The van der Waals surface area contributed by atoms with Crippen molar-refractivity contribution < 1.29 is 9.53 Å². The highest BCUT2D eigenvalue weighted by atomic mass is 35.5. The number of hydrogen-bond donors (Lipinski definition) is 1. The Morgan fingerprint density at radius 2 is 2.07 bits per heavy atom. The van der Waals surface area contributed by atoms with Crippen LogP contribution in [0.1, 0.15) is 55.8 Å². The van der Waals surface area contributed by atoms with Gasteiger partial charge in [0.25, 0.3) is 0 Å². The molecule has 4 rings (SSSR count). The SMILES string of the molecule is Cc1ccc2c(c1)C(NC(=O)C1CCCN(Cc3ccccc3Cl)C1)CC(C)(C)O2. The molecular weight excluding hydrogens is 396 g/mol. The van der Waals surface area contributed by atoms with Crippen molar-refractivity contribution in [1.29, 1.82) is 0 Å². The largest absolute Gasteiger partial charge is 0.487 e. The van der Waals surface area contributed by atoms with Crippen LogP contribution in [0.2, 0.25) is 5.02 Å². The van der Waals surface area contributed by atoms with Gasteiger partial charge < -0.3 is 10.1 Å². The first-order valence-corrected chi connectivity index (χ1v) is 11.2. The lowest BCUT2D eigenvalue weighted by Gasteiger charge is -2.39. The number of fused-ring (bicyclic) bond motifs is 1. The van der Waals surface area contributed by atoms with Crippen molar-refractivity contribution in [2.45, 2.75) is 58.2 Å². The number of hydrogen-bond acceptors (Lipinski definition) is 3. The number of nitrogens with zero attached hydrogens (tertiary/aromatic N) is 1. The maximum absolute atomic E-state index is 13.2. The van der Waals surface area contributed by atoms with Gasteiger partial charge in [-0.1, -0.05) is 47.5 Å². The highest BCUT2D eigenvalue weighted by Gasteiger charge is 2.36. The lowest BCUT2D eigenvalue weighted by molar-refractivity contribution is -0.128. The van der Waals surface area contributed by atoms with E-state index in [2.05, 4.69) is 49.2 Å². The molecule has 0 bridgehead atoms. The van der Waals surface area contributed by atoms with Gasteiger partial charge in [0.2, 0.25) is 5.91 Å². The number of nitrogens with one attached hydrogen (secondary N) is 1. The van der Waals surface area contributed by atoms with E-state index in [9.17, 15) is 4.79 Å². The molecule has 2 aromatic rings. The Labute approximate surface area is 184 Å². The lowest BCUT2D eigenvalue weighted by Crippen LogP contribution is -2.46. The van der Waals surface area contributed by atoms with Crippen molar-refractivity contribution in [3.05, 3.63) is 64.2 Å². The first-order chi connectivity index (χ1) is 14.3. The van der Waals surface area contributed by atoms with Gasteiger partial charge in [-0.15, -0.1) is 0 Å². The third kappa shape index (κ3) is 4.81. The molecule has 0 radical (unpaired) electrons. The Hall–Kier alpha value is -2.04. The third-order valence-corrected chi connectivity index (χ3v) is 6.54. The molecule has 0 spiro atoms. The van der Waals surface area contributed by atoms with Crippen LogP contribution < -0.4 is 10.1 Å². The number of amides is 1. The van der Waals surface area contributed by atoms with Crippen LogP contribution in [0.5, 0.6) is 5.75 Å². The Bertz CT molecular complexity index is 927. The number of likely N-dealkylation sites (tertiary alicyclic amines) is 1. The molecule has 1 amide bonds. The van der Waals surface area contributed by atoms with Gasteiger partial charge in [0.15, 0.2) is 0 Å².